The van der Waals surface area contributed by atoms with Crippen LogP contribution in [0.4, 0.5) is 0 Å². The molecule has 0 aromatic heterocycles. The van der Waals surface area contributed by atoms with Crippen molar-refractivity contribution in [2.75, 3.05) is 0 Å². The predicted octanol–water partition coefficient (Wildman–Crippen LogP) is -0.774. The summed E-state index contributed by atoms with van der Waals surface area (Å²) >= 11 is 0. The Kier molecular flexibility index (Phi) is 10.1. The number of rotatable bonds is 0. The number of hydrogen-bond acceptors (Lipinski definition) is 2. The van der Waals surface area contributed by atoms with Crippen LogP contribution in [0.5, 0.6) is 0 Å². The van der Waals surface area contributed by atoms with E-state index in [1.54, 1.807) is 0 Å². The smallest absolute Gasteiger partial charge is 2.00 e. The zero-order chi connectivity index (χ0) is 4.50. The summed E-state index contributed by atoms with van der Waals surface area (Å²) in [4.78, 5) is 0. The van der Waals surface area contributed by atoms with Gasteiger partial charge in [0.25, 0.3) is 0 Å². The Bertz CT molecular complexity index is 91.2. The summed E-state index contributed by atoms with van der Waals surface area (Å²) in [6.45, 7) is 0. The van der Waals surface area contributed by atoms with Crippen molar-refractivity contribution in [1.82, 2.24) is 0 Å². The Labute approximate surface area is 51.1 Å². The summed E-state index contributed by atoms with van der Waals surface area (Å²) in [6, 6.07) is 0. The first-order chi connectivity index (χ1) is 2.00. The van der Waals surface area contributed by atoms with Crippen LogP contribution in [-0.4, -0.2) is 17.5 Å². The molecule has 0 aromatic carbocycles. The first kappa shape index (κ1) is 15.7. The Hall–Kier alpha value is 0.349. The average molecular weight is 170 g/mol. The van der Waals surface area contributed by atoms with Crippen LogP contribution in [0.1, 0.15) is 0 Å². The Morgan fingerprint density at radius 2 is 1.14 bits per heavy atom. The molecule has 0 aliphatic heterocycles. The maximum Gasteiger partial charge on any atom is 2.00 e. The van der Waals surface area contributed by atoms with Gasteiger partial charge in [0.05, 0.1) is 0 Å². The van der Waals surface area contributed by atoms with Crippen molar-refractivity contribution >= 4 is 10.4 Å². The summed E-state index contributed by atoms with van der Waals surface area (Å²) in [5.74, 6) is 0. The third kappa shape index (κ3) is 983. The molecule has 0 atom stereocenters. The van der Waals surface area contributed by atoms with Crippen molar-refractivity contribution < 1.29 is 40.1 Å². The summed E-state index contributed by atoms with van der Waals surface area (Å²) in [5, 5.41) is 0. The second-order valence-corrected chi connectivity index (χ2v) is 1.34. The molecule has 0 bridgehead atoms. The molecule has 0 saturated heterocycles. The van der Waals surface area contributed by atoms with Crippen molar-refractivity contribution in [1.29, 1.82) is 0 Å². The van der Waals surface area contributed by atoms with Crippen molar-refractivity contribution in [3.63, 3.8) is 0 Å². The minimum Gasteiger partial charge on any atom is -2.00 e. The minimum absolute atomic E-state index is 0. The molecule has 0 spiro atoms. The van der Waals surface area contributed by atoms with Crippen LogP contribution in [0, 0.1) is 0 Å². The predicted molar refractivity (Wildman–Crippen MR) is 14.9 cm³/mol. The standard InChI is InChI=1S/Fe.H2O4S.O/c;1-5(2,3)4;/h;(H2,1,2,3,4);/q+2;;-2. The molecule has 0 fully saturated rings. The van der Waals surface area contributed by atoms with Crippen molar-refractivity contribution in [3.8, 4) is 0 Å². The quantitative estimate of drug-likeness (QED) is 0.367. The molecule has 0 unspecified atom stereocenters. The molecular weight excluding hydrogens is 168 g/mol. The van der Waals surface area contributed by atoms with Gasteiger partial charge in [-0.1, -0.05) is 0 Å². The molecule has 0 saturated carbocycles. The first-order valence-electron chi connectivity index (χ1n) is 0.698. The van der Waals surface area contributed by atoms with Gasteiger partial charge in [-0.25, -0.2) is 0 Å². The van der Waals surface area contributed by atoms with Crippen LogP contribution in [0.25, 0.3) is 0 Å². The van der Waals surface area contributed by atoms with Crippen molar-refractivity contribution in [3.05, 3.63) is 0 Å². The normalized spacial score (nSPS) is 8.29. The first-order valence-corrected chi connectivity index (χ1v) is 2.10. The van der Waals surface area contributed by atoms with Crippen LogP contribution >= 0.6 is 0 Å². The van der Waals surface area contributed by atoms with E-state index in [2.05, 4.69) is 0 Å². The summed E-state index contributed by atoms with van der Waals surface area (Å²) in [6.07, 6.45) is 0. The third-order valence-electron chi connectivity index (χ3n) is 0. The van der Waals surface area contributed by atoms with Gasteiger partial charge in [-0.05, 0) is 0 Å². The van der Waals surface area contributed by atoms with E-state index in [0.29, 0.717) is 0 Å². The van der Waals surface area contributed by atoms with E-state index in [9.17, 15) is 0 Å². The molecule has 2 N–H and O–H groups in total. The van der Waals surface area contributed by atoms with E-state index in [4.69, 9.17) is 17.5 Å². The Morgan fingerprint density at radius 1 is 1.14 bits per heavy atom. The second kappa shape index (κ2) is 4.51. The Morgan fingerprint density at radius 3 is 1.14 bits per heavy atom. The molecular formula is H2FeO5S. The average Bonchev–Trinajstić information content (AvgIpc) is 0.722. The third-order valence-corrected chi connectivity index (χ3v) is 0. The SMILES string of the molecule is O=S(=O)(O)O.[Fe+2].[O-2]. The summed E-state index contributed by atoms with van der Waals surface area (Å²) < 4.78 is 31.6. The van der Waals surface area contributed by atoms with Gasteiger partial charge >= 0.3 is 27.5 Å². The van der Waals surface area contributed by atoms with Crippen LogP contribution < -0.4 is 0 Å². The van der Waals surface area contributed by atoms with Crippen molar-refractivity contribution in [2.24, 2.45) is 0 Å². The van der Waals surface area contributed by atoms with Crippen LogP contribution in [-0.2, 0) is 32.9 Å². The van der Waals surface area contributed by atoms with E-state index < -0.39 is 10.4 Å². The molecule has 46 valence electrons. The van der Waals surface area contributed by atoms with E-state index >= 15 is 0 Å². The van der Waals surface area contributed by atoms with Crippen LogP contribution in [0.3, 0.4) is 0 Å². The zero-order valence-corrected chi connectivity index (χ0v) is 4.80. The van der Waals surface area contributed by atoms with E-state index in [0.717, 1.165) is 0 Å². The summed E-state index contributed by atoms with van der Waals surface area (Å²) in [5.41, 5.74) is 0. The number of hydrogen-bond donors (Lipinski definition) is 2. The zero-order valence-electron chi connectivity index (χ0n) is 2.88. The molecule has 7 heteroatoms. The van der Waals surface area contributed by atoms with Crippen LogP contribution in [0.2, 0.25) is 0 Å². The van der Waals surface area contributed by atoms with Gasteiger partial charge < -0.3 is 5.48 Å². The molecule has 5 nitrogen and oxygen atoms in total. The molecule has 0 aromatic rings. The minimum atomic E-state index is -4.67. The molecule has 0 amide bonds. The van der Waals surface area contributed by atoms with Gasteiger partial charge in [-0.2, -0.15) is 8.42 Å². The molecule has 0 aliphatic rings. The molecule has 0 aliphatic carbocycles. The molecule has 0 rings (SSSR count). The fraction of sp³-hybridized carbons (Fsp3) is 0. The molecule has 0 heterocycles. The van der Waals surface area contributed by atoms with Gasteiger partial charge in [0.2, 0.25) is 0 Å². The fourth-order valence-electron chi connectivity index (χ4n) is 0. The fourth-order valence-corrected chi connectivity index (χ4v) is 0. The van der Waals surface area contributed by atoms with E-state index in [-0.39, 0.29) is 22.5 Å². The monoisotopic (exact) mass is 170 g/mol. The van der Waals surface area contributed by atoms with E-state index in [1.165, 1.54) is 0 Å². The van der Waals surface area contributed by atoms with Gasteiger partial charge in [-0.15, -0.1) is 0 Å². The summed E-state index contributed by atoms with van der Waals surface area (Å²) in [7, 11) is -4.67. The largest absolute Gasteiger partial charge is 2.00 e. The van der Waals surface area contributed by atoms with Gasteiger partial charge in [0.15, 0.2) is 0 Å². The topological polar surface area (TPSA) is 103 Å². The van der Waals surface area contributed by atoms with Gasteiger partial charge in [0, 0.05) is 0 Å². The maximum absolute atomic E-state index is 8.74. The van der Waals surface area contributed by atoms with Gasteiger partial charge in [-0.3, -0.25) is 9.11 Å². The van der Waals surface area contributed by atoms with Crippen LogP contribution in [0.15, 0.2) is 0 Å². The Balaban J connectivity index is -0.0000000800. The molecule has 0 radical (unpaired) electrons. The van der Waals surface area contributed by atoms with Crippen molar-refractivity contribution in [2.45, 2.75) is 0 Å². The molecule has 7 heavy (non-hydrogen) atoms. The van der Waals surface area contributed by atoms with Gasteiger partial charge in [0.1, 0.15) is 0 Å². The maximum atomic E-state index is 8.74. The van der Waals surface area contributed by atoms with E-state index in [1.807, 2.05) is 0 Å². The second-order valence-electron chi connectivity index (χ2n) is 0.448.